The van der Waals surface area contributed by atoms with Crippen LogP contribution in [0.4, 0.5) is 0 Å². The molecule has 18 heavy (non-hydrogen) atoms. The average molecular weight is 238 g/mol. The summed E-state index contributed by atoms with van der Waals surface area (Å²) < 4.78 is 0. The lowest BCUT2D eigenvalue weighted by Crippen LogP contribution is -1.98. The molecule has 0 aliphatic heterocycles. The highest BCUT2D eigenvalue weighted by molar-refractivity contribution is 6.03. The van der Waals surface area contributed by atoms with Gasteiger partial charge in [0.25, 0.3) is 0 Å². The summed E-state index contributed by atoms with van der Waals surface area (Å²) in [6, 6.07) is 3.77. The molecule has 3 aromatic rings. The van der Waals surface area contributed by atoms with Crippen molar-refractivity contribution in [3.8, 4) is 0 Å². The second-order valence-electron chi connectivity index (χ2n) is 5.10. The van der Waals surface area contributed by atoms with E-state index >= 15 is 0 Å². The van der Waals surface area contributed by atoms with E-state index in [1.165, 1.54) is 0 Å². The molecule has 0 bridgehead atoms. The van der Waals surface area contributed by atoms with Gasteiger partial charge in [0.15, 0.2) is 10.9 Å². The molecule has 0 saturated heterocycles. The number of fused-ring (bicyclic) bond motifs is 2. The van der Waals surface area contributed by atoms with E-state index in [0.29, 0.717) is 0 Å². The lowest BCUT2D eigenvalue weighted by atomic mass is 10.1. The maximum Gasteiger partial charge on any atom is 0.189 e. The zero-order chi connectivity index (χ0) is 13.2. The van der Waals surface area contributed by atoms with Crippen LogP contribution in [0.2, 0.25) is 0 Å². The minimum absolute atomic E-state index is 0.0927. The van der Waals surface area contributed by atoms with E-state index in [1.54, 1.807) is 0 Å². The van der Waals surface area contributed by atoms with Gasteiger partial charge in [0.2, 0.25) is 0 Å². The molecule has 0 heterocycles. The quantitative estimate of drug-likeness (QED) is 0.603. The van der Waals surface area contributed by atoms with Crippen LogP contribution >= 0.6 is 0 Å². The lowest BCUT2D eigenvalue weighted by molar-refractivity contribution is 1.38. The number of benzene rings is 1. The van der Waals surface area contributed by atoms with E-state index in [0.717, 1.165) is 43.8 Å². The molecule has 0 aliphatic rings. The number of rotatable bonds is 0. The van der Waals surface area contributed by atoms with Crippen LogP contribution in [0.25, 0.3) is 21.5 Å². The predicted molar refractivity (Wildman–Crippen MR) is 75.3 cm³/mol. The monoisotopic (exact) mass is 238 g/mol. The molecule has 2 heteroatoms. The third kappa shape index (κ3) is 1.13. The summed E-state index contributed by atoms with van der Waals surface area (Å²) >= 11 is 0. The molecular formula is C16H14O2. The Morgan fingerprint density at radius 2 is 0.889 bits per heavy atom. The molecule has 0 saturated carbocycles. The Hall–Kier alpha value is -1.96. The summed E-state index contributed by atoms with van der Waals surface area (Å²) in [6.45, 7) is 7.58. The zero-order valence-corrected chi connectivity index (χ0v) is 11.0. The summed E-state index contributed by atoms with van der Waals surface area (Å²) in [6.07, 6.45) is 0. The maximum absolute atomic E-state index is 12.1. The maximum atomic E-state index is 12.1. The lowest BCUT2D eigenvalue weighted by Gasteiger charge is -1.95. The predicted octanol–water partition coefficient (Wildman–Crippen LogP) is 2.82. The molecule has 0 amide bonds. The van der Waals surface area contributed by atoms with Crippen molar-refractivity contribution in [3.05, 3.63) is 54.8 Å². The topological polar surface area (TPSA) is 34.1 Å². The third-order valence-electron chi connectivity index (χ3n) is 4.26. The second kappa shape index (κ2) is 3.29. The van der Waals surface area contributed by atoms with Crippen molar-refractivity contribution < 1.29 is 0 Å². The van der Waals surface area contributed by atoms with Gasteiger partial charge in [-0.3, -0.25) is 9.59 Å². The number of hydrogen-bond donors (Lipinski definition) is 0. The van der Waals surface area contributed by atoms with Gasteiger partial charge in [-0.1, -0.05) is 0 Å². The Labute approximate surface area is 105 Å². The highest BCUT2D eigenvalue weighted by Gasteiger charge is 2.16. The molecule has 0 radical (unpaired) electrons. The minimum atomic E-state index is 0.0927. The van der Waals surface area contributed by atoms with Gasteiger partial charge in [0, 0.05) is 21.9 Å². The molecule has 2 nitrogen and oxygen atoms in total. The first-order valence-electron chi connectivity index (χ1n) is 6.06. The molecule has 0 unspecified atom stereocenters. The van der Waals surface area contributed by atoms with Crippen molar-refractivity contribution >= 4 is 21.5 Å². The summed E-state index contributed by atoms with van der Waals surface area (Å²) in [5, 5.41) is 3.33. The largest absolute Gasteiger partial charge is 0.289 e. The van der Waals surface area contributed by atoms with Crippen LogP contribution in [-0.4, -0.2) is 0 Å². The SMILES string of the molecule is Cc1c(C)c2cc3c(=O)c(C)c(C)c3cc2c1=O. The second-order valence-corrected chi connectivity index (χ2v) is 5.10. The molecular weight excluding hydrogens is 224 g/mol. The van der Waals surface area contributed by atoms with E-state index < -0.39 is 0 Å². The van der Waals surface area contributed by atoms with Crippen LogP contribution in [0.1, 0.15) is 22.3 Å². The summed E-state index contributed by atoms with van der Waals surface area (Å²) in [4.78, 5) is 24.2. The van der Waals surface area contributed by atoms with Gasteiger partial charge >= 0.3 is 0 Å². The third-order valence-corrected chi connectivity index (χ3v) is 4.26. The van der Waals surface area contributed by atoms with E-state index in [2.05, 4.69) is 0 Å². The average Bonchev–Trinajstić information content (AvgIpc) is 2.71. The van der Waals surface area contributed by atoms with Crippen molar-refractivity contribution in [1.29, 1.82) is 0 Å². The fraction of sp³-hybridized carbons (Fsp3) is 0.250. The van der Waals surface area contributed by atoms with E-state index in [-0.39, 0.29) is 10.9 Å². The fourth-order valence-electron chi connectivity index (χ4n) is 2.74. The summed E-state index contributed by atoms with van der Waals surface area (Å²) in [5.74, 6) is 0. The molecule has 0 N–H and O–H groups in total. The van der Waals surface area contributed by atoms with Crippen LogP contribution < -0.4 is 10.9 Å². The first-order valence-corrected chi connectivity index (χ1v) is 6.06. The van der Waals surface area contributed by atoms with Gasteiger partial charge in [0.05, 0.1) is 0 Å². The van der Waals surface area contributed by atoms with Gasteiger partial charge in [-0.25, -0.2) is 0 Å². The first kappa shape index (κ1) is 11.1. The fourth-order valence-corrected chi connectivity index (χ4v) is 2.74. The Balaban J connectivity index is 2.68. The van der Waals surface area contributed by atoms with E-state index in [1.807, 2.05) is 39.8 Å². The molecule has 3 rings (SSSR count). The minimum Gasteiger partial charge on any atom is -0.289 e. The highest BCUT2D eigenvalue weighted by Crippen LogP contribution is 2.27. The van der Waals surface area contributed by atoms with Crippen molar-refractivity contribution in [3.63, 3.8) is 0 Å². The summed E-state index contributed by atoms with van der Waals surface area (Å²) in [7, 11) is 0. The van der Waals surface area contributed by atoms with E-state index in [4.69, 9.17) is 0 Å². The van der Waals surface area contributed by atoms with E-state index in [9.17, 15) is 9.59 Å². The highest BCUT2D eigenvalue weighted by atomic mass is 16.1. The Morgan fingerprint density at radius 3 is 1.22 bits per heavy atom. The van der Waals surface area contributed by atoms with Gasteiger partial charge in [-0.05, 0) is 61.7 Å². The van der Waals surface area contributed by atoms with Crippen LogP contribution in [0.15, 0.2) is 21.7 Å². The molecule has 0 aliphatic carbocycles. The van der Waals surface area contributed by atoms with Crippen molar-refractivity contribution in [2.75, 3.05) is 0 Å². The normalized spacial score (nSPS) is 11.8. The van der Waals surface area contributed by atoms with Crippen LogP contribution in [0.5, 0.6) is 0 Å². The molecule has 0 aromatic heterocycles. The Morgan fingerprint density at radius 1 is 0.556 bits per heavy atom. The molecule has 3 aromatic carbocycles. The van der Waals surface area contributed by atoms with Gasteiger partial charge in [-0.15, -0.1) is 0 Å². The van der Waals surface area contributed by atoms with Crippen LogP contribution in [0.3, 0.4) is 0 Å². The van der Waals surface area contributed by atoms with Crippen LogP contribution in [0, 0.1) is 27.7 Å². The number of hydrogen-bond acceptors (Lipinski definition) is 2. The molecule has 0 spiro atoms. The van der Waals surface area contributed by atoms with Crippen molar-refractivity contribution in [1.82, 2.24) is 0 Å². The first-order chi connectivity index (χ1) is 8.43. The van der Waals surface area contributed by atoms with Gasteiger partial charge in [0.1, 0.15) is 0 Å². The number of aryl methyl sites for hydroxylation is 2. The van der Waals surface area contributed by atoms with Crippen molar-refractivity contribution in [2.45, 2.75) is 27.7 Å². The molecule has 90 valence electrons. The Kier molecular flexibility index (Phi) is 2.03. The summed E-state index contributed by atoms with van der Waals surface area (Å²) in [5.41, 5.74) is 3.75. The Bertz CT molecular complexity index is 815. The standard InChI is InChI=1S/C16H14O2/c1-7-9(3)15(17)13-6-12-8(2)10(4)16(18)14(12)5-11(7)13/h5-6H,1-4H3. The van der Waals surface area contributed by atoms with Gasteiger partial charge in [-0.2, -0.15) is 0 Å². The zero-order valence-electron chi connectivity index (χ0n) is 11.0. The molecule has 0 fully saturated rings. The van der Waals surface area contributed by atoms with Crippen LogP contribution in [-0.2, 0) is 0 Å². The van der Waals surface area contributed by atoms with Crippen molar-refractivity contribution in [2.24, 2.45) is 0 Å². The van der Waals surface area contributed by atoms with Gasteiger partial charge < -0.3 is 0 Å². The smallest absolute Gasteiger partial charge is 0.189 e. The molecule has 0 atom stereocenters.